The molecule has 0 spiro atoms. The summed E-state index contributed by atoms with van der Waals surface area (Å²) in [6.45, 7) is 1.57. The maximum Gasteiger partial charge on any atom is 0.573 e. The highest BCUT2D eigenvalue weighted by Gasteiger charge is 2.34. The Morgan fingerprint density at radius 3 is 2.65 bits per heavy atom. The Bertz CT molecular complexity index is 495. The van der Waals surface area contributed by atoms with Crippen LogP contribution < -0.4 is 10.5 Å². The molecule has 0 aromatic carbocycles. The van der Waals surface area contributed by atoms with E-state index < -0.39 is 18.1 Å². The summed E-state index contributed by atoms with van der Waals surface area (Å²) in [5, 5.41) is 0. The molecule has 1 rings (SSSR count). The number of ether oxygens (including phenoxy) is 2. The number of carbonyl (C=O) groups is 1. The number of hydrogen-bond acceptors (Lipinski definition) is 5. The summed E-state index contributed by atoms with van der Waals surface area (Å²) >= 11 is 1.66. The Labute approximate surface area is 126 Å². The minimum absolute atomic E-state index is 0.0438. The lowest BCUT2D eigenvalue weighted by atomic mass is 10.1. The Morgan fingerprint density at radius 2 is 2.15 bits per heavy atom. The molecule has 0 bridgehead atoms. The summed E-state index contributed by atoms with van der Waals surface area (Å²) < 4.78 is 46.0. The number of alkyl halides is 3. The fourth-order valence-electron chi connectivity index (χ4n) is 1.48. The minimum Gasteiger partial charge on any atom is -0.466 e. The van der Waals surface area contributed by atoms with Crippen LogP contribution in [0.1, 0.15) is 18.2 Å². The van der Waals surface area contributed by atoms with Crippen molar-refractivity contribution in [1.82, 2.24) is 4.98 Å². The summed E-state index contributed by atoms with van der Waals surface area (Å²) in [6.07, 6.45) is -3.91. The summed E-state index contributed by atoms with van der Waals surface area (Å²) in [7, 11) is 0. The zero-order valence-corrected chi connectivity index (χ0v) is 12.6. The molecule has 0 amide bonds. The monoisotopic (exact) mass is 404 g/mol. The van der Waals surface area contributed by atoms with Gasteiger partial charge in [-0.05, 0) is 29.5 Å². The second-order valence-corrected chi connectivity index (χ2v) is 4.76. The average Bonchev–Trinajstić information content (AvgIpc) is 2.32. The Kier molecular flexibility index (Phi) is 5.99. The molecule has 112 valence electrons. The van der Waals surface area contributed by atoms with E-state index in [-0.39, 0.29) is 34.4 Å². The maximum atomic E-state index is 12.4. The zero-order valence-electron chi connectivity index (χ0n) is 10.5. The maximum absolute atomic E-state index is 12.4. The van der Waals surface area contributed by atoms with Crippen LogP contribution in [-0.4, -0.2) is 23.9 Å². The van der Waals surface area contributed by atoms with Crippen LogP contribution in [0.4, 0.5) is 13.2 Å². The lowest BCUT2D eigenvalue weighted by Crippen LogP contribution is -2.21. The van der Waals surface area contributed by atoms with Gasteiger partial charge in [0.2, 0.25) is 0 Å². The van der Waals surface area contributed by atoms with E-state index in [4.69, 9.17) is 10.5 Å². The number of esters is 1. The molecule has 0 saturated carbocycles. The lowest BCUT2D eigenvalue weighted by Gasteiger charge is -2.16. The van der Waals surface area contributed by atoms with Crippen molar-refractivity contribution < 1.29 is 27.4 Å². The van der Waals surface area contributed by atoms with Gasteiger partial charge in [0, 0.05) is 18.3 Å². The molecule has 1 heterocycles. The summed E-state index contributed by atoms with van der Waals surface area (Å²) in [6, 6.07) is 0. The number of rotatable bonds is 5. The number of carbonyl (C=O) groups excluding carboxylic acids is 1. The molecule has 0 unspecified atom stereocenters. The molecular formula is C11H12F3IN2O3. The predicted molar refractivity (Wildman–Crippen MR) is 71.9 cm³/mol. The van der Waals surface area contributed by atoms with E-state index >= 15 is 0 Å². The summed E-state index contributed by atoms with van der Waals surface area (Å²) in [5.41, 5.74) is 5.61. The minimum atomic E-state index is -4.84. The number of aromatic nitrogens is 1. The number of nitrogens with zero attached hydrogens (tertiary/aromatic N) is 1. The number of pyridine rings is 1. The third-order valence-corrected chi connectivity index (χ3v) is 2.98. The fraction of sp³-hybridized carbons (Fsp3) is 0.455. The molecule has 0 fully saturated rings. The van der Waals surface area contributed by atoms with E-state index in [0.29, 0.717) is 0 Å². The SMILES string of the molecule is CCOC(=O)Cc1ncc(I)c(OC(F)(F)F)c1CN. The fourth-order valence-corrected chi connectivity index (χ4v) is 2.06. The molecule has 9 heteroatoms. The van der Waals surface area contributed by atoms with Crippen LogP contribution in [0.25, 0.3) is 0 Å². The molecule has 0 atom stereocenters. The zero-order chi connectivity index (χ0) is 15.3. The van der Waals surface area contributed by atoms with Gasteiger partial charge in [-0.15, -0.1) is 13.2 Å². The highest BCUT2D eigenvalue weighted by molar-refractivity contribution is 14.1. The average molecular weight is 404 g/mol. The van der Waals surface area contributed by atoms with Crippen molar-refractivity contribution in [2.24, 2.45) is 5.73 Å². The van der Waals surface area contributed by atoms with Crippen molar-refractivity contribution in [1.29, 1.82) is 0 Å². The molecule has 0 aliphatic carbocycles. The van der Waals surface area contributed by atoms with Crippen molar-refractivity contribution in [2.75, 3.05) is 6.61 Å². The van der Waals surface area contributed by atoms with E-state index in [0.717, 1.165) is 0 Å². The van der Waals surface area contributed by atoms with Gasteiger partial charge in [-0.2, -0.15) is 0 Å². The largest absolute Gasteiger partial charge is 0.573 e. The second-order valence-electron chi connectivity index (χ2n) is 3.59. The van der Waals surface area contributed by atoms with Gasteiger partial charge in [0.25, 0.3) is 0 Å². The molecule has 0 aliphatic rings. The van der Waals surface area contributed by atoms with Crippen LogP contribution >= 0.6 is 22.6 Å². The summed E-state index contributed by atoms with van der Waals surface area (Å²) in [5.74, 6) is -1.01. The van der Waals surface area contributed by atoms with E-state index in [1.165, 1.54) is 6.20 Å². The smallest absolute Gasteiger partial charge is 0.466 e. The number of halogens is 4. The van der Waals surface area contributed by atoms with Gasteiger partial charge in [-0.3, -0.25) is 9.78 Å². The normalized spacial score (nSPS) is 11.3. The Hall–Kier alpha value is -1.10. The van der Waals surface area contributed by atoms with Gasteiger partial charge < -0.3 is 15.2 Å². The van der Waals surface area contributed by atoms with Gasteiger partial charge in [-0.1, -0.05) is 0 Å². The Balaban J connectivity index is 3.14. The van der Waals surface area contributed by atoms with Crippen LogP contribution in [0.3, 0.4) is 0 Å². The van der Waals surface area contributed by atoms with Crippen molar-refractivity contribution in [3.05, 3.63) is 21.0 Å². The van der Waals surface area contributed by atoms with Gasteiger partial charge in [0.05, 0.1) is 22.3 Å². The highest BCUT2D eigenvalue weighted by atomic mass is 127. The molecule has 1 aromatic heterocycles. The van der Waals surface area contributed by atoms with Crippen LogP contribution in [0.2, 0.25) is 0 Å². The third kappa shape index (κ3) is 4.78. The quantitative estimate of drug-likeness (QED) is 0.602. The lowest BCUT2D eigenvalue weighted by molar-refractivity contribution is -0.275. The van der Waals surface area contributed by atoms with Gasteiger partial charge >= 0.3 is 12.3 Å². The first-order valence-corrected chi connectivity index (χ1v) is 6.64. The van der Waals surface area contributed by atoms with Crippen LogP contribution in [0.5, 0.6) is 5.75 Å². The standard InChI is InChI=1S/C11H12F3IN2O3/c1-2-19-9(18)3-8-6(4-16)10(7(15)5-17-8)20-11(12,13)14/h5H,2-4,16H2,1H3. The first-order chi connectivity index (χ1) is 9.28. The van der Waals surface area contributed by atoms with Crippen molar-refractivity contribution >= 4 is 28.6 Å². The van der Waals surface area contributed by atoms with Crippen molar-refractivity contribution in [3.63, 3.8) is 0 Å². The topological polar surface area (TPSA) is 74.4 Å². The molecular weight excluding hydrogens is 392 g/mol. The molecule has 2 N–H and O–H groups in total. The first-order valence-electron chi connectivity index (χ1n) is 5.56. The van der Waals surface area contributed by atoms with Crippen LogP contribution in [0.15, 0.2) is 6.20 Å². The first kappa shape index (κ1) is 17.0. The molecule has 1 aromatic rings. The highest BCUT2D eigenvalue weighted by Crippen LogP contribution is 2.32. The van der Waals surface area contributed by atoms with E-state index in [1.807, 2.05) is 0 Å². The number of nitrogens with two attached hydrogens (primary N) is 1. The van der Waals surface area contributed by atoms with E-state index in [9.17, 15) is 18.0 Å². The molecule has 0 saturated heterocycles. The number of hydrogen-bond donors (Lipinski definition) is 1. The van der Waals surface area contributed by atoms with Gasteiger partial charge in [-0.25, -0.2) is 0 Å². The van der Waals surface area contributed by atoms with Gasteiger partial charge in [0.1, 0.15) is 0 Å². The summed E-state index contributed by atoms with van der Waals surface area (Å²) in [4.78, 5) is 15.3. The predicted octanol–water partition coefficient (Wildman–Crippen LogP) is 2.15. The molecule has 20 heavy (non-hydrogen) atoms. The van der Waals surface area contributed by atoms with Crippen LogP contribution in [0, 0.1) is 3.57 Å². The van der Waals surface area contributed by atoms with Crippen molar-refractivity contribution in [2.45, 2.75) is 26.3 Å². The molecule has 0 radical (unpaired) electrons. The van der Waals surface area contributed by atoms with Crippen LogP contribution in [-0.2, 0) is 22.5 Å². The third-order valence-electron chi connectivity index (χ3n) is 2.21. The molecule has 0 aliphatic heterocycles. The van der Waals surface area contributed by atoms with Crippen molar-refractivity contribution in [3.8, 4) is 5.75 Å². The molecule has 5 nitrogen and oxygen atoms in total. The Morgan fingerprint density at radius 1 is 1.50 bits per heavy atom. The van der Waals surface area contributed by atoms with E-state index in [1.54, 1.807) is 29.5 Å². The second kappa shape index (κ2) is 7.07. The van der Waals surface area contributed by atoms with Gasteiger partial charge in [0.15, 0.2) is 5.75 Å². The van der Waals surface area contributed by atoms with E-state index in [2.05, 4.69) is 9.72 Å².